The Morgan fingerprint density at radius 3 is 2.16 bits per heavy atom. The highest BCUT2D eigenvalue weighted by Crippen LogP contribution is 2.23. The summed E-state index contributed by atoms with van der Waals surface area (Å²) in [6.07, 6.45) is -1.42. The van der Waals surface area contributed by atoms with E-state index in [-0.39, 0.29) is 4.90 Å². The summed E-state index contributed by atoms with van der Waals surface area (Å²) in [6, 6.07) is 25.9. The first-order valence-electron chi connectivity index (χ1n) is 11.7. The van der Waals surface area contributed by atoms with E-state index in [9.17, 15) is 23.1 Å². The van der Waals surface area contributed by atoms with Gasteiger partial charge in [0.05, 0.1) is 11.0 Å². The number of carbonyl (C=O) groups is 2. The van der Waals surface area contributed by atoms with Gasteiger partial charge >= 0.3 is 5.97 Å². The zero-order valence-corrected chi connectivity index (χ0v) is 21.2. The largest absolute Gasteiger partial charge is 0.457 e. The summed E-state index contributed by atoms with van der Waals surface area (Å²) >= 11 is 0. The van der Waals surface area contributed by atoms with Gasteiger partial charge in [0, 0.05) is 5.69 Å². The predicted molar refractivity (Wildman–Crippen MR) is 142 cm³/mol. The predicted octanol–water partition coefficient (Wildman–Crippen LogP) is 3.84. The maximum atomic E-state index is 12.9. The molecule has 4 aromatic carbocycles. The Bertz CT molecular complexity index is 1520. The van der Waals surface area contributed by atoms with Crippen LogP contribution in [0.3, 0.4) is 0 Å². The van der Waals surface area contributed by atoms with Gasteiger partial charge in [-0.1, -0.05) is 48.5 Å². The number of para-hydroxylation sites is 1. The van der Waals surface area contributed by atoms with Crippen LogP contribution in [-0.4, -0.2) is 44.2 Å². The number of amides is 1. The molecule has 0 aliphatic carbocycles. The Morgan fingerprint density at radius 1 is 0.842 bits per heavy atom. The van der Waals surface area contributed by atoms with E-state index < -0.39 is 40.7 Å². The van der Waals surface area contributed by atoms with Crippen molar-refractivity contribution in [1.29, 1.82) is 0 Å². The zero-order chi connectivity index (χ0) is 27.1. The number of hydrogen-bond donors (Lipinski definition) is 3. The molecule has 3 N–H and O–H groups in total. The number of esters is 1. The number of hydrogen-bond acceptors (Lipinski definition) is 7. The number of sulfonamides is 1. The van der Waals surface area contributed by atoms with Gasteiger partial charge in [-0.05, 0) is 66.2 Å². The first kappa shape index (κ1) is 26.8. The maximum Gasteiger partial charge on any atom is 0.327 e. The molecule has 0 heterocycles. The van der Waals surface area contributed by atoms with Gasteiger partial charge in [-0.2, -0.15) is 4.72 Å². The number of aliphatic hydroxyl groups is 1. The summed E-state index contributed by atoms with van der Waals surface area (Å²) in [4.78, 5) is 24.8. The molecule has 0 spiro atoms. The first-order chi connectivity index (χ1) is 18.2. The number of benzene rings is 4. The lowest BCUT2D eigenvalue weighted by Gasteiger charge is -2.20. The van der Waals surface area contributed by atoms with Crippen LogP contribution in [0, 0.1) is 0 Å². The summed E-state index contributed by atoms with van der Waals surface area (Å²) < 4.78 is 38.7. The minimum Gasteiger partial charge on any atom is -0.457 e. The third-order valence-electron chi connectivity index (χ3n) is 5.51. The number of rotatable bonds is 10. The molecule has 0 bridgehead atoms. The molecule has 0 unspecified atom stereocenters. The number of ether oxygens (including phenoxy) is 2. The van der Waals surface area contributed by atoms with Crippen LogP contribution in [0.4, 0.5) is 5.69 Å². The lowest BCUT2D eigenvalue weighted by molar-refractivity contribution is -0.151. The van der Waals surface area contributed by atoms with Crippen molar-refractivity contribution in [2.45, 2.75) is 24.0 Å². The molecule has 10 heteroatoms. The molecule has 4 rings (SSSR count). The van der Waals surface area contributed by atoms with E-state index in [1.54, 1.807) is 42.5 Å². The van der Waals surface area contributed by atoms with Gasteiger partial charge in [-0.3, -0.25) is 9.59 Å². The fourth-order valence-electron chi connectivity index (χ4n) is 3.57. The van der Waals surface area contributed by atoms with Crippen molar-refractivity contribution in [3.05, 3.63) is 97.1 Å². The minimum absolute atomic E-state index is 0.0768. The first-order valence-corrected chi connectivity index (χ1v) is 13.2. The molecule has 0 aliphatic rings. The number of anilines is 1. The van der Waals surface area contributed by atoms with Crippen molar-refractivity contribution in [3.8, 4) is 11.5 Å². The van der Waals surface area contributed by atoms with Crippen LogP contribution in [0.1, 0.15) is 6.92 Å². The number of nitrogens with one attached hydrogen (secondary N) is 2. The second-order valence-corrected chi connectivity index (χ2v) is 10.2. The Balaban J connectivity index is 1.33. The molecular weight excluding hydrogens is 508 g/mol. The van der Waals surface area contributed by atoms with E-state index >= 15 is 0 Å². The van der Waals surface area contributed by atoms with Crippen LogP contribution in [0.15, 0.2) is 102 Å². The zero-order valence-electron chi connectivity index (χ0n) is 20.4. The molecule has 0 saturated heterocycles. The number of carbonyl (C=O) groups excluding carboxylic acids is 2. The highest BCUT2D eigenvalue weighted by atomic mass is 32.2. The lowest BCUT2D eigenvalue weighted by atomic mass is 10.1. The fraction of sp³-hybridized carbons (Fsp3) is 0.143. The van der Waals surface area contributed by atoms with E-state index in [2.05, 4.69) is 10.0 Å². The third kappa shape index (κ3) is 6.94. The molecule has 0 aliphatic heterocycles. The molecule has 2 atom stereocenters. The summed E-state index contributed by atoms with van der Waals surface area (Å²) in [7, 11) is -4.18. The van der Waals surface area contributed by atoms with Crippen molar-refractivity contribution >= 4 is 38.4 Å². The Morgan fingerprint density at radius 2 is 1.47 bits per heavy atom. The second kappa shape index (κ2) is 11.9. The molecule has 0 radical (unpaired) electrons. The van der Waals surface area contributed by atoms with Gasteiger partial charge in [0.2, 0.25) is 10.0 Å². The summed E-state index contributed by atoms with van der Waals surface area (Å²) in [5, 5.41) is 14.2. The number of aliphatic hydroxyl groups excluding tert-OH is 1. The van der Waals surface area contributed by atoms with Crippen LogP contribution in [-0.2, 0) is 24.3 Å². The monoisotopic (exact) mass is 534 g/mol. The van der Waals surface area contributed by atoms with Crippen molar-refractivity contribution in [3.63, 3.8) is 0 Å². The SMILES string of the molecule is C[C@H](O)[C@H](NS(=O)(=O)c1ccc2ccccc2c1)C(=O)OCC(=O)Nc1ccc(Oc2ccccc2)cc1. The fourth-order valence-corrected chi connectivity index (χ4v) is 4.86. The van der Waals surface area contributed by atoms with Crippen LogP contribution < -0.4 is 14.8 Å². The quantitative estimate of drug-likeness (QED) is 0.264. The van der Waals surface area contributed by atoms with Crippen LogP contribution >= 0.6 is 0 Å². The average molecular weight is 535 g/mol. The smallest absolute Gasteiger partial charge is 0.327 e. The van der Waals surface area contributed by atoms with Crippen molar-refractivity contribution in [2.24, 2.45) is 0 Å². The molecule has 0 saturated carbocycles. The highest BCUT2D eigenvalue weighted by Gasteiger charge is 2.31. The van der Waals surface area contributed by atoms with E-state index in [0.29, 0.717) is 22.6 Å². The summed E-state index contributed by atoms with van der Waals surface area (Å²) in [5.41, 5.74) is 0.440. The van der Waals surface area contributed by atoms with Crippen molar-refractivity contribution < 1.29 is 32.6 Å². The highest BCUT2D eigenvalue weighted by molar-refractivity contribution is 7.89. The van der Waals surface area contributed by atoms with Gasteiger partial charge in [0.25, 0.3) is 5.91 Å². The molecule has 0 aromatic heterocycles. The van der Waals surface area contributed by atoms with Crippen molar-refractivity contribution in [2.75, 3.05) is 11.9 Å². The summed E-state index contributed by atoms with van der Waals surface area (Å²) in [6.45, 7) is 0.565. The van der Waals surface area contributed by atoms with Gasteiger partial charge in [-0.25, -0.2) is 8.42 Å². The van der Waals surface area contributed by atoms with Crippen LogP contribution in [0.5, 0.6) is 11.5 Å². The maximum absolute atomic E-state index is 12.9. The molecule has 196 valence electrons. The molecular formula is C28H26N2O7S. The second-order valence-electron chi connectivity index (χ2n) is 8.44. The van der Waals surface area contributed by atoms with Crippen molar-refractivity contribution in [1.82, 2.24) is 4.72 Å². The minimum atomic E-state index is -4.18. The van der Waals surface area contributed by atoms with E-state index in [1.165, 1.54) is 19.1 Å². The van der Waals surface area contributed by atoms with Gasteiger partial charge in [0.1, 0.15) is 17.5 Å². The average Bonchev–Trinajstić information content (AvgIpc) is 2.91. The van der Waals surface area contributed by atoms with E-state index in [1.807, 2.05) is 42.5 Å². The van der Waals surface area contributed by atoms with Gasteiger partial charge < -0.3 is 19.9 Å². The Labute approximate surface area is 220 Å². The Hall–Kier alpha value is -4.25. The topological polar surface area (TPSA) is 131 Å². The van der Waals surface area contributed by atoms with Gasteiger partial charge in [0.15, 0.2) is 6.61 Å². The molecule has 0 fully saturated rings. The molecule has 9 nitrogen and oxygen atoms in total. The number of fused-ring (bicyclic) bond motifs is 1. The molecule has 4 aromatic rings. The Kier molecular flexibility index (Phi) is 8.37. The van der Waals surface area contributed by atoms with Gasteiger partial charge in [-0.15, -0.1) is 0 Å². The molecule has 38 heavy (non-hydrogen) atoms. The third-order valence-corrected chi connectivity index (χ3v) is 6.95. The van der Waals surface area contributed by atoms with Crippen LogP contribution in [0.2, 0.25) is 0 Å². The molecule has 1 amide bonds. The van der Waals surface area contributed by atoms with E-state index in [4.69, 9.17) is 9.47 Å². The standard InChI is InChI=1S/C28H26N2O7S/c1-19(31)27(30-38(34,35)25-16-11-20-7-5-6-8-21(20)17-25)28(33)36-18-26(32)29-22-12-14-24(15-13-22)37-23-9-3-2-4-10-23/h2-17,19,27,30-31H,18H2,1H3,(H,29,32)/t19-,27-/m0/s1. The van der Waals surface area contributed by atoms with Crippen LogP contribution in [0.25, 0.3) is 10.8 Å². The lowest BCUT2D eigenvalue weighted by Crippen LogP contribution is -2.48. The normalized spacial score (nSPS) is 12.9. The summed E-state index contributed by atoms with van der Waals surface area (Å²) in [5.74, 6) is -0.498. The van der Waals surface area contributed by atoms with E-state index in [0.717, 1.165) is 5.39 Å².